The zero-order valence-electron chi connectivity index (χ0n) is 34.3. The van der Waals surface area contributed by atoms with E-state index in [2.05, 4.69) is 77.3 Å². The van der Waals surface area contributed by atoms with Crippen LogP contribution in [0.4, 0.5) is 23.0 Å². The lowest BCUT2D eigenvalue weighted by Crippen LogP contribution is -2.37. The van der Waals surface area contributed by atoms with Gasteiger partial charge in [-0.25, -0.2) is 19.9 Å². The number of methoxy groups -OCH3 is 1. The van der Waals surface area contributed by atoms with E-state index in [1.807, 2.05) is 19.5 Å². The molecule has 6 heterocycles. The summed E-state index contributed by atoms with van der Waals surface area (Å²) in [5.74, 6) is 0.826. The van der Waals surface area contributed by atoms with Gasteiger partial charge in [0.05, 0.1) is 47.8 Å². The van der Waals surface area contributed by atoms with Gasteiger partial charge in [-0.3, -0.25) is 19.6 Å². The van der Waals surface area contributed by atoms with Crippen molar-refractivity contribution in [3.63, 3.8) is 0 Å². The highest BCUT2D eigenvalue weighted by Crippen LogP contribution is 2.44. The van der Waals surface area contributed by atoms with Crippen molar-refractivity contribution in [2.75, 3.05) is 50.5 Å². The second-order valence-electron chi connectivity index (χ2n) is 15.5. The van der Waals surface area contributed by atoms with Crippen molar-refractivity contribution in [2.45, 2.75) is 61.4 Å². The summed E-state index contributed by atoms with van der Waals surface area (Å²) < 4.78 is 5.13. The standard InChI is InChI=1S/C24H27N5O2S2.C20H18N4O2S2/c1-29(6-7-31-2)24(30)14-4-5-17-19(9-14)33-23-21(17)22(26-13-27-23)28-18-8-15-11-25-12-16(15)10-20(18)32-3;1-27-16-6-12-8-21-7-11(12)4-14(16)24-18-17-13-3-2-10(20(25)26)5-15(13)28-19(17)23-9-22-18/h8,10-11,13-14H,4-7,9,12H2,1-3H3,(H,26,27,28);4,6-7,9-10H,2-3,5,8H2,1H3,(H,25,26)(H,22,23,24)/t14-;10-/m00/s1. The van der Waals surface area contributed by atoms with Crippen LogP contribution in [0.3, 0.4) is 0 Å². The van der Waals surface area contributed by atoms with Crippen molar-refractivity contribution in [1.29, 1.82) is 0 Å². The SMILES string of the molecule is COCCN(C)C(=O)[C@H]1CCc2c(sc3ncnc(Nc4cc5c(cc4SC)CN=C5)c23)C1.CSc1cc2c(cc1Nc1ncnc3sc4c(c13)CC[C@H](C(=O)O)C4)C=NC2. The van der Waals surface area contributed by atoms with Crippen molar-refractivity contribution >= 4 is 114 Å². The number of ether oxygens (including phenoxy) is 1. The van der Waals surface area contributed by atoms with E-state index in [1.165, 1.54) is 32.0 Å². The number of carbonyl (C=O) groups excluding carboxylic acids is 1. The number of benzene rings is 2. The molecule has 2 aliphatic carbocycles. The molecule has 0 radical (unpaired) electrons. The van der Waals surface area contributed by atoms with Gasteiger partial charge in [-0.15, -0.1) is 46.2 Å². The molecule has 17 heteroatoms. The summed E-state index contributed by atoms with van der Waals surface area (Å²) in [6.07, 6.45) is 15.7. The number of aromatic nitrogens is 4. The molecule has 0 unspecified atom stereocenters. The van der Waals surface area contributed by atoms with Crippen LogP contribution in [0.25, 0.3) is 20.4 Å². The molecule has 2 aliphatic heterocycles. The van der Waals surface area contributed by atoms with Gasteiger partial charge in [0.1, 0.15) is 34.0 Å². The number of nitrogens with one attached hydrogen (secondary N) is 2. The van der Waals surface area contributed by atoms with Crippen LogP contribution in [0.5, 0.6) is 0 Å². The molecule has 0 fully saturated rings. The lowest BCUT2D eigenvalue weighted by atomic mass is 9.87. The number of hydrogen-bond acceptors (Lipinski definition) is 15. The molecule has 2 aromatic carbocycles. The second-order valence-corrected chi connectivity index (χ2v) is 19.3. The molecule has 0 saturated carbocycles. The lowest BCUT2D eigenvalue weighted by Gasteiger charge is -2.26. The Labute approximate surface area is 370 Å². The van der Waals surface area contributed by atoms with Gasteiger partial charge >= 0.3 is 5.97 Å². The first-order chi connectivity index (χ1) is 29.7. The Hall–Kier alpha value is -4.94. The summed E-state index contributed by atoms with van der Waals surface area (Å²) in [6.45, 7) is 2.66. The van der Waals surface area contributed by atoms with E-state index in [-0.39, 0.29) is 17.7 Å². The number of fused-ring (bicyclic) bond motifs is 8. The molecule has 0 saturated heterocycles. The predicted molar refractivity (Wildman–Crippen MR) is 249 cm³/mol. The Bertz CT molecular complexity index is 2750. The fourth-order valence-corrected chi connectivity index (χ4v) is 12.3. The Morgan fingerprint density at radius 2 is 1.30 bits per heavy atom. The van der Waals surface area contributed by atoms with Crippen LogP contribution in [0.15, 0.2) is 56.7 Å². The van der Waals surface area contributed by atoms with Gasteiger partial charge in [0.2, 0.25) is 5.91 Å². The van der Waals surface area contributed by atoms with Crippen molar-refractivity contribution in [3.8, 4) is 0 Å². The average Bonchev–Trinajstić information content (AvgIpc) is 4.09. The number of aliphatic carboxylic acids is 1. The minimum atomic E-state index is -0.711. The number of thiophene rings is 2. The molecule has 6 aromatic rings. The monoisotopic (exact) mass is 891 g/mol. The van der Waals surface area contributed by atoms with E-state index in [1.54, 1.807) is 70.9 Å². The smallest absolute Gasteiger partial charge is 0.306 e. The van der Waals surface area contributed by atoms with E-state index in [9.17, 15) is 14.7 Å². The molecule has 4 aliphatic rings. The third kappa shape index (κ3) is 8.25. The molecule has 61 heavy (non-hydrogen) atoms. The maximum Gasteiger partial charge on any atom is 0.306 e. The highest BCUT2D eigenvalue weighted by molar-refractivity contribution is 7.99. The van der Waals surface area contributed by atoms with E-state index in [0.29, 0.717) is 26.0 Å². The van der Waals surface area contributed by atoms with Gasteiger partial charge in [0.25, 0.3) is 0 Å². The fraction of sp³-hybridized carbons (Fsp3) is 0.364. The topological polar surface area (TPSA) is 167 Å². The number of rotatable bonds is 11. The van der Waals surface area contributed by atoms with E-state index < -0.39 is 5.97 Å². The van der Waals surface area contributed by atoms with Gasteiger partial charge in [0.15, 0.2) is 0 Å². The molecule has 314 valence electrons. The molecular formula is C44H45N9O4S4. The van der Waals surface area contributed by atoms with E-state index in [0.717, 1.165) is 103 Å². The Kier molecular flexibility index (Phi) is 12.1. The van der Waals surface area contributed by atoms with Crippen LogP contribution < -0.4 is 10.6 Å². The number of likely N-dealkylation sites (N-methyl/N-ethyl adjacent to an activating group) is 1. The molecule has 13 nitrogen and oxygen atoms in total. The average molecular weight is 892 g/mol. The third-order valence-corrected chi connectivity index (χ3v) is 15.7. The largest absolute Gasteiger partial charge is 0.481 e. The number of hydrogen-bond donors (Lipinski definition) is 3. The van der Waals surface area contributed by atoms with Crippen molar-refractivity contribution in [3.05, 3.63) is 80.1 Å². The Morgan fingerprint density at radius 3 is 1.79 bits per heavy atom. The van der Waals surface area contributed by atoms with E-state index >= 15 is 0 Å². The van der Waals surface area contributed by atoms with Gasteiger partial charge in [-0.1, -0.05) is 0 Å². The molecule has 4 aromatic heterocycles. The van der Waals surface area contributed by atoms with Crippen LogP contribution in [-0.2, 0) is 53.1 Å². The molecule has 0 spiro atoms. The minimum absolute atomic E-state index is 0.0101. The third-order valence-electron chi connectivity index (χ3n) is 11.8. The number of thioether (sulfide) groups is 2. The normalized spacial score (nSPS) is 17.0. The number of carbonyl (C=O) groups is 2. The summed E-state index contributed by atoms with van der Waals surface area (Å²) in [5.41, 5.74) is 9.35. The van der Waals surface area contributed by atoms with Gasteiger partial charge in [0, 0.05) is 58.6 Å². The molecule has 1 amide bonds. The summed E-state index contributed by atoms with van der Waals surface area (Å²) >= 11 is 6.70. The predicted octanol–water partition coefficient (Wildman–Crippen LogP) is 8.58. The number of carboxylic acids is 1. The lowest BCUT2D eigenvalue weighted by molar-refractivity contribution is -0.142. The number of nitrogens with zero attached hydrogens (tertiary/aromatic N) is 7. The maximum atomic E-state index is 12.9. The Morgan fingerprint density at radius 1 is 0.787 bits per heavy atom. The maximum absolute atomic E-state index is 12.9. The molecule has 10 rings (SSSR count). The van der Waals surface area contributed by atoms with Gasteiger partial charge in [-0.2, -0.15) is 0 Å². The second kappa shape index (κ2) is 17.8. The number of aliphatic imine (C=N–C) groups is 2. The zero-order valence-corrected chi connectivity index (χ0v) is 37.5. The van der Waals surface area contributed by atoms with Crippen LogP contribution in [0, 0.1) is 11.8 Å². The number of anilines is 4. The van der Waals surface area contributed by atoms with Crippen molar-refractivity contribution in [1.82, 2.24) is 24.8 Å². The van der Waals surface area contributed by atoms with Gasteiger partial charge < -0.3 is 25.4 Å². The highest BCUT2D eigenvalue weighted by atomic mass is 32.2. The highest BCUT2D eigenvalue weighted by Gasteiger charge is 2.32. The molecule has 0 bridgehead atoms. The number of aryl methyl sites for hydroxylation is 2. The fourth-order valence-electron chi connectivity index (χ4n) is 8.55. The van der Waals surface area contributed by atoms with Crippen LogP contribution >= 0.6 is 46.2 Å². The molecule has 2 atom stereocenters. The zero-order chi connectivity index (χ0) is 42.2. The van der Waals surface area contributed by atoms with Crippen LogP contribution in [-0.4, -0.2) is 94.1 Å². The number of amides is 1. The number of carboxylic acid groups (broad SMARTS) is 1. The quantitative estimate of drug-likeness (QED) is 0.106. The van der Waals surface area contributed by atoms with E-state index in [4.69, 9.17) is 4.74 Å². The van der Waals surface area contributed by atoms with Crippen LogP contribution in [0.1, 0.15) is 56.0 Å². The molecule has 3 N–H and O–H groups in total. The Balaban J connectivity index is 0.000000158. The first kappa shape index (κ1) is 41.4. The minimum Gasteiger partial charge on any atom is -0.481 e. The summed E-state index contributed by atoms with van der Waals surface area (Å²) in [6, 6.07) is 8.70. The summed E-state index contributed by atoms with van der Waals surface area (Å²) in [5, 5.41) is 18.6. The van der Waals surface area contributed by atoms with Crippen molar-refractivity contribution in [2.24, 2.45) is 21.8 Å². The van der Waals surface area contributed by atoms with Crippen LogP contribution in [0.2, 0.25) is 0 Å². The first-order valence-corrected chi connectivity index (χ1v) is 24.2. The first-order valence-electron chi connectivity index (χ1n) is 20.2. The van der Waals surface area contributed by atoms with Gasteiger partial charge in [-0.05, 0) is 109 Å². The molecular weight excluding hydrogens is 847 g/mol. The van der Waals surface area contributed by atoms with Crippen molar-refractivity contribution < 1.29 is 19.4 Å². The summed E-state index contributed by atoms with van der Waals surface area (Å²) in [7, 11) is 3.52. The summed E-state index contributed by atoms with van der Waals surface area (Å²) in [4.78, 5) is 59.7.